The quantitative estimate of drug-likeness (QED) is 0.871. The Labute approximate surface area is 123 Å². The second kappa shape index (κ2) is 5.71. The zero-order chi connectivity index (χ0) is 14.8. The fourth-order valence-electron chi connectivity index (χ4n) is 2.29. The average Bonchev–Trinajstić information content (AvgIpc) is 3.28. The predicted octanol–water partition coefficient (Wildman–Crippen LogP) is 0.831. The van der Waals surface area contributed by atoms with E-state index in [1.54, 1.807) is 24.1 Å². The largest absolute Gasteiger partial charge is 0.477 e. The number of carbonyl (C=O) groups is 2. The number of likely N-dealkylation sites (tertiary alicyclic amines) is 1. The van der Waals surface area contributed by atoms with Crippen molar-refractivity contribution in [2.45, 2.75) is 25.3 Å². The fraction of sp³-hybridized carbons (Fsp3) is 0.533. The maximum atomic E-state index is 12.1. The van der Waals surface area contributed by atoms with Crippen LogP contribution in [0, 0.1) is 5.92 Å². The third kappa shape index (κ3) is 3.32. The van der Waals surface area contributed by atoms with E-state index in [4.69, 9.17) is 4.74 Å². The molecule has 1 aliphatic carbocycles. The van der Waals surface area contributed by atoms with Crippen LogP contribution >= 0.6 is 0 Å². The van der Waals surface area contributed by atoms with Gasteiger partial charge in [0.05, 0.1) is 12.2 Å². The summed E-state index contributed by atoms with van der Waals surface area (Å²) in [6, 6.07) is 2.95. The molecular formula is C15H19N3O3. The van der Waals surface area contributed by atoms with Gasteiger partial charge in [0.2, 0.25) is 11.8 Å². The minimum atomic E-state index is -0.423. The fourth-order valence-corrected chi connectivity index (χ4v) is 2.29. The normalized spacial score (nSPS) is 21.5. The Balaban J connectivity index is 1.55. The monoisotopic (exact) mass is 289 g/mol. The van der Waals surface area contributed by atoms with Crippen LogP contribution in [0.1, 0.15) is 29.6 Å². The number of nitrogens with one attached hydrogen (secondary N) is 1. The number of aromatic nitrogens is 1. The Morgan fingerprint density at radius 3 is 2.81 bits per heavy atom. The van der Waals surface area contributed by atoms with Crippen molar-refractivity contribution < 1.29 is 14.3 Å². The van der Waals surface area contributed by atoms with Crippen molar-refractivity contribution in [3.63, 3.8) is 0 Å². The zero-order valence-corrected chi connectivity index (χ0v) is 12.0. The first kappa shape index (κ1) is 13.9. The van der Waals surface area contributed by atoms with Gasteiger partial charge in [-0.15, -0.1) is 0 Å². The van der Waals surface area contributed by atoms with Crippen LogP contribution in [0.2, 0.25) is 0 Å². The van der Waals surface area contributed by atoms with Crippen LogP contribution < -0.4 is 10.1 Å². The summed E-state index contributed by atoms with van der Waals surface area (Å²) in [4.78, 5) is 29.6. The minimum Gasteiger partial charge on any atom is -0.477 e. The van der Waals surface area contributed by atoms with E-state index in [1.165, 1.54) is 19.0 Å². The van der Waals surface area contributed by atoms with Gasteiger partial charge in [-0.1, -0.05) is 0 Å². The first-order valence-electron chi connectivity index (χ1n) is 7.28. The van der Waals surface area contributed by atoms with Crippen molar-refractivity contribution in [3.8, 4) is 5.88 Å². The van der Waals surface area contributed by atoms with Crippen LogP contribution in [-0.4, -0.2) is 47.9 Å². The first-order valence-corrected chi connectivity index (χ1v) is 7.28. The SMILES string of the molecule is CN1CC[C@H](NC(=O)c2ccc(OCC3CC3)nc2)C1=O. The summed E-state index contributed by atoms with van der Waals surface area (Å²) in [7, 11) is 1.74. The Morgan fingerprint density at radius 2 is 2.24 bits per heavy atom. The van der Waals surface area contributed by atoms with Gasteiger partial charge in [0.1, 0.15) is 6.04 Å². The molecule has 1 saturated heterocycles. The molecule has 1 aliphatic heterocycles. The van der Waals surface area contributed by atoms with Crippen LogP contribution in [0.3, 0.4) is 0 Å². The number of carbonyl (C=O) groups excluding carboxylic acids is 2. The Morgan fingerprint density at radius 1 is 1.43 bits per heavy atom. The highest BCUT2D eigenvalue weighted by atomic mass is 16.5. The summed E-state index contributed by atoms with van der Waals surface area (Å²) >= 11 is 0. The number of hydrogen-bond donors (Lipinski definition) is 1. The van der Waals surface area contributed by atoms with Crippen molar-refractivity contribution in [1.29, 1.82) is 0 Å². The summed E-state index contributed by atoms with van der Waals surface area (Å²) < 4.78 is 5.53. The van der Waals surface area contributed by atoms with E-state index < -0.39 is 6.04 Å². The predicted molar refractivity (Wildman–Crippen MR) is 76.0 cm³/mol. The van der Waals surface area contributed by atoms with Crippen LogP contribution in [0.25, 0.3) is 0 Å². The number of amides is 2. The standard InChI is InChI=1S/C15H19N3O3/c1-18-7-6-12(15(18)20)17-14(19)11-4-5-13(16-8-11)21-9-10-2-3-10/h4-5,8,10,12H,2-3,6-7,9H2,1H3,(H,17,19)/t12-/m0/s1. The Kier molecular flexibility index (Phi) is 3.77. The topological polar surface area (TPSA) is 71.5 Å². The van der Waals surface area contributed by atoms with E-state index in [1.807, 2.05) is 0 Å². The van der Waals surface area contributed by atoms with E-state index in [0.717, 1.165) is 0 Å². The molecule has 3 rings (SSSR count). The highest BCUT2D eigenvalue weighted by molar-refractivity contribution is 5.97. The summed E-state index contributed by atoms with van der Waals surface area (Å²) in [5.74, 6) is 0.890. The second-order valence-corrected chi connectivity index (χ2v) is 5.71. The van der Waals surface area contributed by atoms with Gasteiger partial charge in [-0.2, -0.15) is 0 Å². The first-order chi connectivity index (χ1) is 10.1. The smallest absolute Gasteiger partial charge is 0.253 e. The van der Waals surface area contributed by atoms with E-state index in [-0.39, 0.29) is 11.8 Å². The molecular weight excluding hydrogens is 270 g/mol. The molecule has 21 heavy (non-hydrogen) atoms. The van der Waals surface area contributed by atoms with Gasteiger partial charge in [0.15, 0.2) is 0 Å². The summed E-state index contributed by atoms with van der Waals surface area (Å²) in [6.45, 7) is 1.37. The van der Waals surface area contributed by atoms with Crippen molar-refractivity contribution in [2.75, 3.05) is 20.2 Å². The molecule has 2 amide bonds. The molecule has 1 saturated carbocycles. The number of likely N-dealkylation sites (N-methyl/N-ethyl adjacent to an activating group) is 1. The molecule has 2 heterocycles. The Hall–Kier alpha value is -2.11. The molecule has 1 aromatic heterocycles. The van der Waals surface area contributed by atoms with Crippen LogP contribution in [-0.2, 0) is 4.79 Å². The molecule has 2 fully saturated rings. The molecule has 1 N–H and O–H groups in total. The maximum Gasteiger partial charge on any atom is 0.253 e. The van der Waals surface area contributed by atoms with Crippen LogP contribution in [0.4, 0.5) is 0 Å². The second-order valence-electron chi connectivity index (χ2n) is 5.71. The number of ether oxygens (including phenoxy) is 1. The molecule has 112 valence electrons. The Bertz CT molecular complexity index is 540. The molecule has 6 nitrogen and oxygen atoms in total. The average molecular weight is 289 g/mol. The summed E-state index contributed by atoms with van der Waals surface area (Å²) in [6.07, 6.45) is 4.59. The van der Waals surface area contributed by atoms with E-state index in [0.29, 0.717) is 36.9 Å². The van der Waals surface area contributed by atoms with Crippen LogP contribution in [0.15, 0.2) is 18.3 Å². The van der Waals surface area contributed by atoms with Gasteiger partial charge in [-0.05, 0) is 31.2 Å². The third-order valence-electron chi connectivity index (χ3n) is 3.90. The number of nitrogens with zero attached hydrogens (tertiary/aromatic N) is 2. The number of rotatable bonds is 5. The van der Waals surface area contributed by atoms with E-state index >= 15 is 0 Å². The molecule has 1 aromatic rings. The number of hydrogen-bond acceptors (Lipinski definition) is 4. The molecule has 0 radical (unpaired) electrons. The highest BCUT2D eigenvalue weighted by Gasteiger charge is 2.30. The lowest BCUT2D eigenvalue weighted by Gasteiger charge is -2.12. The van der Waals surface area contributed by atoms with Gasteiger partial charge >= 0.3 is 0 Å². The van der Waals surface area contributed by atoms with Crippen molar-refractivity contribution in [1.82, 2.24) is 15.2 Å². The molecule has 6 heteroatoms. The summed E-state index contributed by atoms with van der Waals surface area (Å²) in [5.41, 5.74) is 0.441. The van der Waals surface area contributed by atoms with Crippen molar-refractivity contribution >= 4 is 11.8 Å². The maximum absolute atomic E-state index is 12.1. The third-order valence-corrected chi connectivity index (χ3v) is 3.90. The highest BCUT2D eigenvalue weighted by Crippen LogP contribution is 2.29. The molecule has 0 aromatic carbocycles. The van der Waals surface area contributed by atoms with E-state index in [2.05, 4.69) is 10.3 Å². The van der Waals surface area contributed by atoms with Gasteiger partial charge in [0, 0.05) is 25.9 Å². The number of pyridine rings is 1. The van der Waals surface area contributed by atoms with Crippen LogP contribution in [0.5, 0.6) is 5.88 Å². The molecule has 1 atom stereocenters. The molecule has 0 unspecified atom stereocenters. The lowest BCUT2D eigenvalue weighted by molar-refractivity contribution is -0.128. The lowest BCUT2D eigenvalue weighted by atomic mass is 10.2. The van der Waals surface area contributed by atoms with Gasteiger partial charge in [0.25, 0.3) is 5.91 Å². The minimum absolute atomic E-state index is 0.0410. The van der Waals surface area contributed by atoms with Gasteiger partial charge < -0.3 is 15.0 Å². The molecule has 0 bridgehead atoms. The lowest BCUT2D eigenvalue weighted by Crippen LogP contribution is -2.40. The van der Waals surface area contributed by atoms with Crippen molar-refractivity contribution in [3.05, 3.63) is 23.9 Å². The van der Waals surface area contributed by atoms with Crippen molar-refractivity contribution in [2.24, 2.45) is 5.92 Å². The van der Waals surface area contributed by atoms with Gasteiger partial charge in [-0.3, -0.25) is 9.59 Å². The van der Waals surface area contributed by atoms with Gasteiger partial charge in [-0.25, -0.2) is 4.98 Å². The van der Waals surface area contributed by atoms with E-state index in [9.17, 15) is 9.59 Å². The molecule has 0 spiro atoms. The molecule has 2 aliphatic rings. The summed E-state index contributed by atoms with van der Waals surface area (Å²) in [5, 5.41) is 2.74. The zero-order valence-electron chi connectivity index (χ0n) is 12.0.